The second-order valence-corrected chi connectivity index (χ2v) is 6.87. The first-order valence-electron chi connectivity index (χ1n) is 9.47. The fourth-order valence-corrected chi connectivity index (χ4v) is 3.45. The molecular formula is C26H23NO. The summed E-state index contributed by atoms with van der Waals surface area (Å²) in [5, 5.41) is 9.63. The molecule has 0 spiro atoms. The Labute approximate surface area is 166 Å². The van der Waals surface area contributed by atoms with Crippen molar-refractivity contribution in [3.63, 3.8) is 0 Å². The fraction of sp³-hybridized carbons (Fsp3) is 0.0769. The van der Waals surface area contributed by atoms with Crippen LogP contribution in [0.5, 0.6) is 0 Å². The van der Waals surface area contributed by atoms with Crippen molar-refractivity contribution in [2.75, 3.05) is 4.90 Å². The van der Waals surface area contributed by atoms with Gasteiger partial charge in [-0.15, -0.1) is 0 Å². The molecule has 0 aliphatic heterocycles. The number of anilines is 3. The van der Waals surface area contributed by atoms with Gasteiger partial charge in [-0.2, -0.15) is 0 Å². The summed E-state index contributed by atoms with van der Waals surface area (Å²) in [5.41, 5.74) is 7.69. The lowest BCUT2D eigenvalue weighted by atomic mass is 9.99. The SMILES string of the molecule is Cc1ccc(N(c2ccccc2)c2ccc(-c3ccccc3CO)cc2)cc1. The van der Waals surface area contributed by atoms with Crippen LogP contribution in [0.2, 0.25) is 0 Å². The molecule has 2 nitrogen and oxygen atoms in total. The molecule has 0 radical (unpaired) electrons. The molecule has 0 unspecified atom stereocenters. The van der Waals surface area contributed by atoms with E-state index in [0.29, 0.717) is 0 Å². The van der Waals surface area contributed by atoms with Gasteiger partial charge in [-0.25, -0.2) is 0 Å². The summed E-state index contributed by atoms with van der Waals surface area (Å²) in [6, 6.07) is 35.4. The lowest BCUT2D eigenvalue weighted by molar-refractivity contribution is 0.282. The normalized spacial score (nSPS) is 10.6. The van der Waals surface area contributed by atoms with E-state index in [0.717, 1.165) is 33.8 Å². The first kappa shape index (κ1) is 18.0. The molecule has 138 valence electrons. The van der Waals surface area contributed by atoms with E-state index in [9.17, 15) is 5.11 Å². The zero-order chi connectivity index (χ0) is 19.3. The third-order valence-electron chi connectivity index (χ3n) is 4.93. The van der Waals surface area contributed by atoms with E-state index >= 15 is 0 Å². The van der Waals surface area contributed by atoms with Crippen LogP contribution >= 0.6 is 0 Å². The summed E-state index contributed by atoms with van der Waals surface area (Å²) < 4.78 is 0. The lowest BCUT2D eigenvalue weighted by Gasteiger charge is -2.25. The van der Waals surface area contributed by atoms with E-state index in [-0.39, 0.29) is 6.61 Å². The van der Waals surface area contributed by atoms with Crippen LogP contribution in [0.4, 0.5) is 17.1 Å². The highest BCUT2D eigenvalue weighted by Crippen LogP contribution is 2.35. The second-order valence-electron chi connectivity index (χ2n) is 6.87. The van der Waals surface area contributed by atoms with Crippen LogP contribution in [0.25, 0.3) is 11.1 Å². The predicted molar refractivity (Wildman–Crippen MR) is 117 cm³/mol. The Hall–Kier alpha value is -3.36. The molecule has 2 heteroatoms. The Kier molecular flexibility index (Phi) is 5.22. The Morgan fingerprint density at radius 3 is 1.79 bits per heavy atom. The minimum absolute atomic E-state index is 0.0391. The average Bonchev–Trinajstić information content (AvgIpc) is 2.76. The number of aliphatic hydroxyl groups is 1. The van der Waals surface area contributed by atoms with Gasteiger partial charge in [0.05, 0.1) is 6.61 Å². The molecule has 0 atom stereocenters. The third-order valence-corrected chi connectivity index (χ3v) is 4.93. The number of benzene rings is 4. The summed E-state index contributed by atoms with van der Waals surface area (Å²) >= 11 is 0. The fourth-order valence-electron chi connectivity index (χ4n) is 3.45. The maximum atomic E-state index is 9.63. The van der Waals surface area contributed by atoms with Gasteiger partial charge in [0, 0.05) is 17.1 Å². The highest BCUT2D eigenvalue weighted by Gasteiger charge is 2.12. The highest BCUT2D eigenvalue weighted by molar-refractivity contribution is 5.78. The van der Waals surface area contributed by atoms with Gasteiger partial charge in [0.25, 0.3) is 0 Å². The zero-order valence-corrected chi connectivity index (χ0v) is 15.9. The van der Waals surface area contributed by atoms with Gasteiger partial charge in [0.1, 0.15) is 0 Å². The molecule has 0 aliphatic rings. The van der Waals surface area contributed by atoms with Crippen molar-refractivity contribution in [3.05, 3.63) is 114 Å². The number of rotatable bonds is 5. The number of hydrogen-bond donors (Lipinski definition) is 1. The van der Waals surface area contributed by atoms with Crippen molar-refractivity contribution < 1.29 is 5.11 Å². The third kappa shape index (κ3) is 3.68. The molecule has 0 saturated heterocycles. The van der Waals surface area contributed by atoms with E-state index in [1.807, 2.05) is 24.3 Å². The van der Waals surface area contributed by atoms with Crippen molar-refractivity contribution in [3.8, 4) is 11.1 Å². The molecule has 0 saturated carbocycles. The van der Waals surface area contributed by atoms with Crippen LogP contribution in [0.15, 0.2) is 103 Å². The molecule has 0 amide bonds. The molecule has 1 N–H and O–H groups in total. The van der Waals surface area contributed by atoms with Gasteiger partial charge >= 0.3 is 0 Å². The van der Waals surface area contributed by atoms with E-state index in [1.165, 1.54) is 5.56 Å². The molecule has 4 rings (SSSR count). The zero-order valence-electron chi connectivity index (χ0n) is 15.9. The minimum atomic E-state index is 0.0391. The van der Waals surface area contributed by atoms with Crippen LogP contribution < -0.4 is 4.90 Å². The van der Waals surface area contributed by atoms with E-state index in [2.05, 4.69) is 90.7 Å². The van der Waals surface area contributed by atoms with Crippen molar-refractivity contribution in [2.45, 2.75) is 13.5 Å². The Morgan fingerprint density at radius 1 is 0.607 bits per heavy atom. The number of aliphatic hydroxyl groups excluding tert-OH is 1. The van der Waals surface area contributed by atoms with Gasteiger partial charge < -0.3 is 10.0 Å². The number of para-hydroxylation sites is 1. The molecule has 0 fully saturated rings. The van der Waals surface area contributed by atoms with Crippen LogP contribution in [-0.2, 0) is 6.61 Å². The van der Waals surface area contributed by atoms with Crippen molar-refractivity contribution >= 4 is 17.1 Å². The van der Waals surface area contributed by atoms with Gasteiger partial charge in [-0.05, 0) is 60.0 Å². The monoisotopic (exact) mass is 365 g/mol. The number of hydrogen-bond acceptors (Lipinski definition) is 2. The Balaban J connectivity index is 1.76. The van der Waals surface area contributed by atoms with Crippen molar-refractivity contribution in [1.29, 1.82) is 0 Å². The van der Waals surface area contributed by atoms with Crippen LogP contribution in [-0.4, -0.2) is 5.11 Å². The molecule has 0 bridgehead atoms. The Morgan fingerprint density at radius 2 is 1.14 bits per heavy atom. The molecule has 0 aliphatic carbocycles. The van der Waals surface area contributed by atoms with Crippen LogP contribution in [0, 0.1) is 6.92 Å². The van der Waals surface area contributed by atoms with Crippen LogP contribution in [0.1, 0.15) is 11.1 Å². The van der Waals surface area contributed by atoms with Gasteiger partial charge in [0.2, 0.25) is 0 Å². The van der Waals surface area contributed by atoms with Gasteiger partial charge in [0.15, 0.2) is 0 Å². The predicted octanol–water partition coefficient (Wildman–Crippen LogP) is 6.62. The first-order valence-corrected chi connectivity index (χ1v) is 9.47. The quantitative estimate of drug-likeness (QED) is 0.429. The van der Waals surface area contributed by atoms with Crippen molar-refractivity contribution in [1.82, 2.24) is 0 Å². The molecule has 4 aromatic carbocycles. The number of nitrogens with zero attached hydrogens (tertiary/aromatic N) is 1. The average molecular weight is 365 g/mol. The minimum Gasteiger partial charge on any atom is -0.392 e. The Bertz CT molecular complexity index is 1040. The van der Waals surface area contributed by atoms with Gasteiger partial charge in [-0.3, -0.25) is 0 Å². The maximum Gasteiger partial charge on any atom is 0.0687 e. The summed E-state index contributed by atoms with van der Waals surface area (Å²) in [7, 11) is 0. The van der Waals surface area contributed by atoms with Crippen LogP contribution in [0.3, 0.4) is 0 Å². The highest BCUT2D eigenvalue weighted by atomic mass is 16.3. The van der Waals surface area contributed by atoms with E-state index in [4.69, 9.17) is 0 Å². The van der Waals surface area contributed by atoms with E-state index < -0.39 is 0 Å². The molecule has 28 heavy (non-hydrogen) atoms. The number of aryl methyl sites for hydroxylation is 1. The lowest BCUT2D eigenvalue weighted by Crippen LogP contribution is -2.09. The molecular weight excluding hydrogens is 342 g/mol. The van der Waals surface area contributed by atoms with Gasteiger partial charge in [-0.1, -0.05) is 72.3 Å². The molecule has 0 heterocycles. The second kappa shape index (κ2) is 8.12. The topological polar surface area (TPSA) is 23.5 Å². The maximum absolute atomic E-state index is 9.63. The summed E-state index contributed by atoms with van der Waals surface area (Å²) in [6.07, 6.45) is 0. The van der Waals surface area contributed by atoms with Crippen molar-refractivity contribution in [2.24, 2.45) is 0 Å². The summed E-state index contributed by atoms with van der Waals surface area (Å²) in [4.78, 5) is 2.25. The first-order chi connectivity index (χ1) is 13.8. The smallest absolute Gasteiger partial charge is 0.0687 e. The largest absolute Gasteiger partial charge is 0.392 e. The molecule has 0 aromatic heterocycles. The molecule has 4 aromatic rings. The van der Waals surface area contributed by atoms with E-state index in [1.54, 1.807) is 0 Å². The summed E-state index contributed by atoms with van der Waals surface area (Å²) in [6.45, 7) is 2.14. The standard InChI is InChI=1S/C26H23NO/c1-20-11-15-24(16-12-20)27(23-8-3-2-4-9-23)25-17-13-21(14-18-25)26-10-6-5-7-22(26)19-28/h2-18,28H,19H2,1H3. The summed E-state index contributed by atoms with van der Waals surface area (Å²) in [5.74, 6) is 0.